The summed E-state index contributed by atoms with van der Waals surface area (Å²) in [6.45, 7) is 0. The Morgan fingerprint density at radius 3 is 2.17 bits per heavy atom. The van der Waals surface area contributed by atoms with Crippen LogP contribution in [0.4, 0.5) is 8.78 Å². The molecule has 2 nitrogen and oxygen atoms in total. The van der Waals surface area contributed by atoms with Crippen molar-refractivity contribution in [1.29, 1.82) is 0 Å². The average Bonchev–Trinajstić information content (AvgIpc) is 2.05. The monoisotopic (exact) mass is 196 g/mol. The summed E-state index contributed by atoms with van der Waals surface area (Å²) in [6.07, 6.45) is -2.56. The van der Waals surface area contributed by atoms with Crippen LogP contribution in [0.15, 0.2) is 0 Å². The van der Waals surface area contributed by atoms with Crippen molar-refractivity contribution in [2.24, 2.45) is 5.41 Å². The second kappa shape index (κ2) is 3.60. The van der Waals surface area contributed by atoms with E-state index in [2.05, 4.69) is 0 Å². The third kappa shape index (κ3) is 1.55. The highest BCUT2D eigenvalue weighted by Crippen LogP contribution is 2.40. The van der Waals surface area contributed by atoms with E-state index in [1.54, 1.807) is 0 Å². The van der Waals surface area contributed by atoms with Crippen LogP contribution in [0.3, 0.4) is 0 Å². The zero-order chi connectivity index (χ0) is 9.19. The minimum atomic E-state index is -2.74. The standard InChI is InChI=1S/C7H10F2O2S/c8-5(9)7(6(10)11)1-3-12-4-2-7/h5H,1-4H2,(H,10,11). The Kier molecular flexibility index (Phi) is 2.93. The maximum Gasteiger partial charge on any atom is 0.315 e. The summed E-state index contributed by atoms with van der Waals surface area (Å²) in [6, 6.07) is 0. The van der Waals surface area contributed by atoms with Crippen LogP contribution in [0.25, 0.3) is 0 Å². The molecule has 0 aromatic carbocycles. The highest BCUT2D eigenvalue weighted by atomic mass is 32.2. The predicted octanol–water partition coefficient (Wildman–Crippen LogP) is 1.85. The second-order valence-corrected chi connectivity index (χ2v) is 4.10. The number of halogens is 2. The SMILES string of the molecule is O=C(O)C1(C(F)F)CCSCC1. The quantitative estimate of drug-likeness (QED) is 0.732. The largest absolute Gasteiger partial charge is 0.481 e. The zero-order valence-electron chi connectivity index (χ0n) is 6.43. The topological polar surface area (TPSA) is 37.3 Å². The summed E-state index contributed by atoms with van der Waals surface area (Å²) in [5.41, 5.74) is -1.76. The Balaban J connectivity index is 2.77. The van der Waals surface area contributed by atoms with Gasteiger partial charge in [0, 0.05) is 0 Å². The molecular weight excluding hydrogens is 186 g/mol. The van der Waals surface area contributed by atoms with E-state index < -0.39 is 17.8 Å². The molecule has 1 rings (SSSR count). The normalized spacial score (nSPS) is 22.6. The molecule has 1 heterocycles. The van der Waals surface area contributed by atoms with Crippen LogP contribution in [0.1, 0.15) is 12.8 Å². The molecule has 0 spiro atoms. The van der Waals surface area contributed by atoms with Gasteiger partial charge in [0.15, 0.2) is 0 Å². The molecular formula is C7H10F2O2S. The zero-order valence-corrected chi connectivity index (χ0v) is 7.24. The first-order valence-corrected chi connectivity index (χ1v) is 4.84. The van der Waals surface area contributed by atoms with Gasteiger partial charge in [0.1, 0.15) is 5.41 Å². The number of carbonyl (C=O) groups is 1. The van der Waals surface area contributed by atoms with Gasteiger partial charge in [-0.3, -0.25) is 4.79 Å². The number of alkyl halides is 2. The van der Waals surface area contributed by atoms with Gasteiger partial charge < -0.3 is 5.11 Å². The Hall–Kier alpha value is -0.320. The molecule has 70 valence electrons. The fourth-order valence-corrected chi connectivity index (χ4v) is 2.48. The van der Waals surface area contributed by atoms with Crippen LogP contribution in [0.2, 0.25) is 0 Å². The van der Waals surface area contributed by atoms with Crippen molar-refractivity contribution in [3.8, 4) is 0 Å². The molecule has 1 aliphatic heterocycles. The lowest BCUT2D eigenvalue weighted by Gasteiger charge is -2.31. The van der Waals surface area contributed by atoms with Crippen molar-refractivity contribution in [1.82, 2.24) is 0 Å². The lowest BCUT2D eigenvalue weighted by molar-refractivity contribution is -0.160. The van der Waals surface area contributed by atoms with Crippen molar-refractivity contribution in [2.45, 2.75) is 19.3 Å². The molecule has 12 heavy (non-hydrogen) atoms. The van der Waals surface area contributed by atoms with E-state index in [0.717, 1.165) is 0 Å². The van der Waals surface area contributed by atoms with E-state index in [1.807, 2.05) is 0 Å². The summed E-state index contributed by atoms with van der Waals surface area (Å²) < 4.78 is 24.9. The minimum absolute atomic E-state index is 0.0880. The highest BCUT2D eigenvalue weighted by Gasteiger charge is 2.48. The number of hydrogen-bond donors (Lipinski definition) is 1. The number of hydrogen-bond acceptors (Lipinski definition) is 2. The summed E-state index contributed by atoms with van der Waals surface area (Å²) in [5.74, 6) is -0.300. The summed E-state index contributed by atoms with van der Waals surface area (Å²) in [7, 11) is 0. The Bertz CT molecular complexity index is 178. The number of aliphatic carboxylic acids is 1. The van der Waals surface area contributed by atoms with Gasteiger partial charge in [-0.1, -0.05) is 0 Å². The fourth-order valence-electron chi connectivity index (χ4n) is 1.26. The van der Waals surface area contributed by atoms with Crippen molar-refractivity contribution < 1.29 is 18.7 Å². The van der Waals surface area contributed by atoms with Gasteiger partial charge in [-0.2, -0.15) is 11.8 Å². The minimum Gasteiger partial charge on any atom is -0.481 e. The van der Waals surface area contributed by atoms with Crippen LogP contribution in [-0.2, 0) is 4.79 Å². The Morgan fingerprint density at radius 1 is 1.42 bits per heavy atom. The summed E-state index contributed by atoms with van der Waals surface area (Å²) in [4.78, 5) is 10.6. The smallest absolute Gasteiger partial charge is 0.315 e. The van der Waals surface area contributed by atoms with Crippen molar-refractivity contribution in [3.05, 3.63) is 0 Å². The third-order valence-electron chi connectivity index (χ3n) is 2.23. The maximum atomic E-state index is 12.4. The predicted molar refractivity (Wildman–Crippen MR) is 42.6 cm³/mol. The molecule has 1 fully saturated rings. The third-order valence-corrected chi connectivity index (χ3v) is 3.21. The highest BCUT2D eigenvalue weighted by molar-refractivity contribution is 7.99. The Labute approximate surface area is 73.3 Å². The van der Waals surface area contributed by atoms with Crippen LogP contribution in [-0.4, -0.2) is 29.0 Å². The van der Waals surface area contributed by atoms with Crippen molar-refractivity contribution in [3.63, 3.8) is 0 Å². The fraction of sp³-hybridized carbons (Fsp3) is 0.857. The average molecular weight is 196 g/mol. The van der Waals surface area contributed by atoms with Crippen LogP contribution < -0.4 is 0 Å². The first-order valence-electron chi connectivity index (χ1n) is 3.69. The molecule has 0 bridgehead atoms. The lowest BCUT2D eigenvalue weighted by atomic mass is 9.82. The van der Waals surface area contributed by atoms with Crippen LogP contribution >= 0.6 is 11.8 Å². The molecule has 0 saturated carbocycles. The van der Waals surface area contributed by atoms with Gasteiger partial charge in [0.2, 0.25) is 0 Å². The van der Waals surface area contributed by atoms with Crippen LogP contribution in [0, 0.1) is 5.41 Å². The first-order chi connectivity index (χ1) is 5.59. The van der Waals surface area contributed by atoms with E-state index in [0.29, 0.717) is 11.5 Å². The summed E-state index contributed by atoms with van der Waals surface area (Å²) >= 11 is 1.54. The van der Waals surface area contributed by atoms with Gasteiger partial charge in [0.05, 0.1) is 0 Å². The number of thioether (sulfide) groups is 1. The van der Waals surface area contributed by atoms with Crippen LogP contribution in [0.5, 0.6) is 0 Å². The Morgan fingerprint density at radius 2 is 1.92 bits per heavy atom. The molecule has 0 atom stereocenters. The molecule has 0 unspecified atom stereocenters. The molecule has 0 radical (unpaired) electrons. The number of carboxylic acid groups (broad SMARTS) is 1. The van der Waals surface area contributed by atoms with E-state index in [1.165, 1.54) is 11.8 Å². The van der Waals surface area contributed by atoms with E-state index in [-0.39, 0.29) is 12.8 Å². The lowest BCUT2D eigenvalue weighted by Crippen LogP contribution is -2.41. The van der Waals surface area contributed by atoms with Gasteiger partial charge in [-0.05, 0) is 24.3 Å². The number of rotatable bonds is 2. The van der Waals surface area contributed by atoms with Gasteiger partial charge in [-0.25, -0.2) is 8.78 Å². The molecule has 5 heteroatoms. The van der Waals surface area contributed by atoms with E-state index in [4.69, 9.17) is 5.11 Å². The molecule has 1 saturated heterocycles. The van der Waals surface area contributed by atoms with Crippen molar-refractivity contribution in [2.75, 3.05) is 11.5 Å². The molecule has 1 N–H and O–H groups in total. The second-order valence-electron chi connectivity index (χ2n) is 2.87. The number of carboxylic acids is 1. The molecule has 0 aromatic heterocycles. The van der Waals surface area contributed by atoms with E-state index >= 15 is 0 Å². The van der Waals surface area contributed by atoms with Crippen molar-refractivity contribution >= 4 is 17.7 Å². The first kappa shape index (κ1) is 9.77. The van der Waals surface area contributed by atoms with Gasteiger partial charge in [-0.15, -0.1) is 0 Å². The summed E-state index contributed by atoms with van der Waals surface area (Å²) in [5, 5.41) is 8.67. The molecule has 0 aromatic rings. The van der Waals surface area contributed by atoms with Gasteiger partial charge in [0.25, 0.3) is 6.43 Å². The molecule has 0 amide bonds. The van der Waals surface area contributed by atoms with E-state index in [9.17, 15) is 13.6 Å². The van der Waals surface area contributed by atoms with Gasteiger partial charge >= 0.3 is 5.97 Å². The molecule has 0 aliphatic carbocycles. The maximum absolute atomic E-state index is 12.4. The molecule has 1 aliphatic rings.